The van der Waals surface area contributed by atoms with Crippen molar-refractivity contribution in [3.63, 3.8) is 0 Å². The molecular weight excluding hydrogens is 427 g/mol. The number of alkyl halides is 3. The molecule has 178 valence electrons. The lowest BCUT2D eigenvalue weighted by Crippen LogP contribution is -2.50. The number of carbonyl (C=O) groups is 1. The van der Waals surface area contributed by atoms with E-state index in [9.17, 15) is 21.6 Å². The molecule has 0 aliphatic carbocycles. The summed E-state index contributed by atoms with van der Waals surface area (Å²) in [7, 11) is 1.69. The standard InChI is InChI=1S/C16H33N3O3S.C2HF3O2/c1-14(2)10-18-11-15(12-22-5)16(13-18)6-8-19(9-7-16)23(20,21)17(3)4;3-2(4,5)1(6)7/h14-15H,6-13H2,1-5H3;(H,6,7). The SMILES string of the molecule is COCC1CN(CC(C)C)CC12CCN(S(=O)(=O)N(C)C)CC2.O=C(O)C(F)(F)F. The molecule has 0 saturated carbocycles. The van der Waals surface area contributed by atoms with Crippen LogP contribution >= 0.6 is 0 Å². The Kier molecular flexibility index (Phi) is 9.55. The van der Waals surface area contributed by atoms with Crippen LogP contribution < -0.4 is 0 Å². The number of carboxylic acid groups (broad SMARTS) is 1. The molecule has 0 aromatic rings. The van der Waals surface area contributed by atoms with Crippen LogP contribution in [0.5, 0.6) is 0 Å². The van der Waals surface area contributed by atoms with Crippen molar-refractivity contribution in [1.29, 1.82) is 0 Å². The summed E-state index contributed by atoms with van der Waals surface area (Å²) in [5.74, 6) is -1.59. The molecule has 2 saturated heterocycles. The minimum absolute atomic E-state index is 0.212. The average molecular weight is 462 g/mol. The summed E-state index contributed by atoms with van der Waals surface area (Å²) in [6.45, 7) is 9.79. The first kappa shape index (κ1) is 27.1. The molecule has 1 unspecified atom stereocenters. The summed E-state index contributed by atoms with van der Waals surface area (Å²) in [5, 5.41) is 7.12. The summed E-state index contributed by atoms with van der Waals surface area (Å²) in [4.78, 5) is 11.4. The largest absolute Gasteiger partial charge is 0.490 e. The van der Waals surface area contributed by atoms with Gasteiger partial charge in [-0.3, -0.25) is 0 Å². The molecular formula is C18H34F3N3O5S. The van der Waals surface area contributed by atoms with Crippen LogP contribution in [0.25, 0.3) is 0 Å². The first-order valence-corrected chi connectivity index (χ1v) is 11.2. The van der Waals surface area contributed by atoms with Gasteiger partial charge < -0.3 is 14.7 Å². The van der Waals surface area contributed by atoms with Crippen LogP contribution in [0.3, 0.4) is 0 Å². The number of aliphatic carboxylic acids is 1. The first-order chi connectivity index (χ1) is 13.7. The number of hydrogen-bond acceptors (Lipinski definition) is 5. The van der Waals surface area contributed by atoms with Crippen molar-refractivity contribution in [2.75, 3.05) is 60.5 Å². The van der Waals surface area contributed by atoms with Gasteiger partial charge >= 0.3 is 12.1 Å². The molecule has 30 heavy (non-hydrogen) atoms. The molecule has 2 fully saturated rings. The molecule has 1 atom stereocenters. The van der Waals surface area contributed by atoms with Gasteiger partial charge in [0.1, 0.15) is 0 Å². The van der Waals surface area contributed by atoms with E-state index in [1.165, 1.54) is 4.31 Å². The molecule has 1 N–H and O–H groups in total. The van der Waals surface area contributed by atoms with E-state index in [0.717, 1.165) is 39.1 Å². The van der Waals surface area contributed by atoms with Crippen LogP contribution in [0.2, 0.25) is 0 Å². The maximum atomic E-state index is 12.3. The van der Waals surface area contributed by atoms with Crippen molar-refractivity contribution in [2.24, 2.45) is 17.3 Å². The Bertz CT molecular complexity index is 662. The maximum Gasteiger partial charge on any atom is 0.490 e. The fourth-order valence-corrected chi connectivity index (χ4v) is 5.30. The summed E-state index contributed by atoms with van der Waals surface area (Å²) in [6, 6.07) is 0. The van der Waals surface area contributed by atoms with Crippen LogP contribution in [0.4, 0.5) is 13.2 Å². The lowest BCUT2D eigenvalue weighted by atomic mass is 9.71. The predicted octanol–water partition coefficient (Wildman–Crippen LogP) is 1.74. The molecule has 0 aromatic heterocycles. The van der Waals surface area contributed by atoms with Gasteiger partial charge in [-0.25, -0.2) is 4.79 Å². The van der Waals surface area contributed by atoms with E-state index >= 15 is 0 Å². The fourth-order valence-electron chi connectivity index (χ4n) is 4.19. The fraction of sp³-hybridized carbons (Fsp3) is 0.944. The van der Waals surface area contributed by atoms with E-state index < -0.39 is 22.4 Å². The number of nitrogens with zero attached hydrogens (tertiary/aromatic N) is 3. The van der Waals surface area contributed by atoms with Gasteiger partial charge in [0.25, 0.3) is 10.2 Å². The number of carboxylic acids is 1. The number of methoxy groups -OCH3 is 1. The quantitative estimate of drug-likeness (QED) is 0.648. The third-order valence-electron chi connectivity index (χ3n) is 5.62. The zero-order chi connectivity index (χ0) is 23.3. The number of rotatable bonds is 6. The molecule has 8 nitrogen and oxygen atoms in total. The van der Waals surface area contributed by atoms with Crippen LogP contribution in [-0.4, -0.2) is 99.7 Å². The maximum absolute atomic E-state index is 12.3. The van der Waals surface area contributed by atoms with Crippen LogP contribution in [-0.2, 0) is 19.7 Å². The molecule has 0 aromatic carbocycles. The van der Waals surface area contributed by atoms with Crippen molar-refractivity contribution < 1.29 is 36.2 Å². The van der Waals surface area contributed by atoms with E-state index in [1.807, 2.05) is 0 Å². The Morgan fingerprint density at radius 1 is 1.27 bits per heavy atom. The highest BCUT2D eigenvalue weighted by Gasteiger charge is 2.49. The third-order valence-corrected chi connectivity index (χ3v) is 7.56. The number of likely N-dealkylation sites (tertiary alicyclic amines) is 1. The number of ether oxygens (including phenoxy) is 1. The monoisotopic (exact) mass is 461 g/mol. The average Bonchev–Trinajstić information content (AvgIpc) is 2.91. The molecule has 2 aliphatic rings. The lowest BCUT2D eigenvalue weighted by Gasteiger charge is -2.42. The van der Waals surface area contributed by atoms with E-state index in [2.05, 4.69) is 18.7 Å². The highest BCUT2D eigenvalue weighted by Crippen LogP contribution is 2.45. The Morgan fingerprint density at radius 3 is 2.13 bits per heavy atom. The topological polar surface area (TPSA) is 90.4 Å². The summed E-state index contributed by atoms with van der Waals surface area (Å²) in [5.41, 5.74) is 0.212. The van der Waals surface area contributed by atoms with Crippen molar-refractivity contribution in [3.05, 3.63) is 0 Å². The van der Waals surface area contributed by atoms with E-state index in [0.29, 0.717) is 24.9 Å². The highest BCUT2D eigenvalue weighted by atomic mass is 32.2. The Hall–Kier alpha value is -0.950. The minimum atomic E-state index is -5.08. The van der Waals surface area contributed by atoms with Gasteiger partial charge in [0, 0.05) is 59.8 Å². The number of piperidine rings is 1. The van der Waals surface area contributed by atoms with Crippen molar-refractivity contribution in [1.82, 2.24) is 13.5 Å². The first-order valence-electron chi connectivity index (χ1n) is 9.84. The predicted molar refractivity (Wildman–Crippen MR) is 106 cm³/mol. The van der Waals surface area contributed by atoms with Crippen molar-refractivity contribution in [3.8, 4) is 0 Å². The molecule has 0 radical (unpaired) electrons. The Morgan fingerprint density at radius 2 is 1.77 bits per heavy atom. The smallest absolute Gasteiger partial charge is 0.475 e. The number of hydrogen-bond donors (Lipinski definition) is 1. The summed E-state index contributed by atoms with van der Waals surface area (Å²) < 4.78 is 64.8. The Balaban J connectivity index is 0.000000553. The number of halogens is 3. The third kappa shape index (κ3) is 7.04. The van der Waals surface area contributed by atoms with E-state index in [1.54, 1.807) is 25.5 Å². The zero-order valence-corrected chi connectivity index (χ0v) is 19.1. The molecule has 12 heteroatoms. The van der Waals surface area contributed by atoms with Crippen LogP contribution in [0.15, 0.2) is 0 Å². The van der Waals surface area contributed by atoms with E-state index in [-0.39, 0.29) is 5.41 Å². The molecule has 2 heterocycles. The molecule has 0 bridgehead atoms. The summed E-state index contributed by atoms with van der Waals surface area (Å²) in [6.07, 6.45) is -3.22. The van der Waals surface area contributed by atoms with Crippen LogP contribution in [0.1, 0.15) is 26.7 Å². The van der Waals surface area contributed by atoms with Gasteiger partial charge in [0.2, 0.25) is 0 Å². The molecule has 2 rings (SSSR count). The van der Waals surface area contributed by atoms with Gasteiger partial charge in [-0.1, -0.05) is 13.8 Å². The molecule has 0 amide bonds. The van der Waals surface area contributed by atoms with Crippen molar-refractivity contribution >= 4 is 16.2 Å². The zero-order valence-electron chi connectivity index (χ0n) is 18.3. The van der Waals surface area contributed by atoms with Gasteiger partial charge in [-0.15, -0.1) is 0 Å². The van der Waals surface area contributed by atoms with Gasteiger partial charge in [-0.05, 0) is 24.2 Å². The highest BCUT2D eigenvalue weighted by molar-refractivity contribution is 7.86. The van der Waals surface area contributed by atoms with Gasteiger partial charge in [0.15, 0.2) is 0 Å². The lowest BCUT2D eigenvalue weighted by molar-refractivity contribution is -0.192. The van der Waals surface area contributed by atoms with Gasteiger partial charge in [-0.2, -0.15) is 30.2 Å². The molecule has 1 spiro atoms. The van der Waals surface area contributed by atoms with Crippen LogP contribution in [0, 0.1) is 17.3 Å². The van der Waals surface area contributed by atoms with E-state index in [4.69, 9.17) is 14.6 Å². The second kappa shape index (κ2) is 10.6. The molecule has 2 aliphatic heterocycles. The second-order valence-electron chi connectivity index (χ2n) is 8.59. The van der Waals surface area contributed by atoms with Crippen molar-refractivity contribution in [2.45, 2.75) is 32.9 Å². The Labute approximate surface area is 177 Å². The van der Waals surface area contributed by atoms with Gasteiger partial charge in [0.05, 0.1) is 6.61 Å². The summed E-state index contributed by atoms with van der Waals surface area (Å²) >= 11 is 0. The minimum Gasteiger partial charge on any atom is -0.475 e. The second-order valence-corrected chi connectivity index (χ2v) is 10.7. The normalized spacial score (nSPS) is 23.1.